The van der Waals surface area contributed by atoms with Gasteiger partial charge in [0, 0.05) is 19.3 Å². The summed E-state index contributed by atoms with van der Waals surface area (Å²) in [6, 6.07) is 15.3. The SMILES string of the molecule is c1ccc(CN2CC[C@H]3c4ccccc4CC[C@H]3C2)nc1. The maximum atomic E-state index is 4.47. The van der Waals surface area contributed by atoms with E-state index in [0.29, 0.717) is 0 Å². The summed E-state index contributed by atoms with van der Waals surface area (Å²) in [7, 11) is 0. The Morgan fingerprint density at radius 3 is 2.86 bits per heavy atom. The zero-order valence-corrected chi connectivity index (χ0v) is 12.4. The van der Waals surface area contributed by atoms with Gasteiger partial charge in [0.25, 0.3) is 0 Å². The minimum absolute atomic E-state index is 0.787. The minimum Gasteiger partial charge on any atom is -0.297 e. The van der Waals surface area contributed by atoms with Crippen LogP contribution in [0.3, 0.4) is 0 Å². The van der Waals surface area contributed by atoms with Gasteiger partial charge in [-0.05, 0) is 60.9 Å². The summed E-state index contributed by atoms with van der Waals surface area (Å²) in [5, 5.41) is 0. The molecular weight excluding hydrogens is 256 g/mol. The maximum Gasteiger partial charge on any atom is 0.0543 e. The van der Waals surface area contributed by atoms with Crippen LogP contribution in [0.2, 0.25) is 0 Å². The molecule has 2 heterocycles. The van der Waals surface area contributed by atoms with Gasteiger partial charge in [-0.25, -0.2) is 0 Å². The van der Waals surface area contributed by atoms with Crippen molar-refractivity contribution in [2.75, 3.05) is 13.1 Å². The average Bonchev–Trinajstić information content (AvgIpc) is 2.55. The number of fused-ring (bicyclic) bond motifs is 3. The van der Waals surface area contributed by atoms with Crippen molar-refractivity contribution in [3.63, 3.8) is 0 Å². The lowest BCUT2D eigenvalue weighted by molar-refractivity contribution is 0.133. The van der Waals surface area contributed by atoms with E-state index in [2.05, 4.69) is 46.3 Å². The molecule has 2 atom stereocenters. The summed E-state index contributed by atoms with van der Waals surface area (Å²) in [5.74, 6) is 1.62. The maximum absolute atomic E-state index is 4.47. The van der Waals surface area contributed by atoms with Crippen LogP contribution in [0.25, 0.3) is 0 Å². The molecule has 2 aliphatic rings. The lowest BCUT2D eigenvalue weighted by Gasteiger charge is -2.42. The molecule has 1 saturated heterocycles. The Hall–Kier alpha value is -1.67. The van der Waals surface area contributed by atoms with Crippen LogP contribution in [-0.2, 0) is 13.0 Å². The largest absolute Gasteiger partial charge is 0.297 e. The molecule has 1 aliphatic heterocycles. The van der Waals surface area contributed by atoms with Crippen LogP contribution in [0, 0.1) is 5.92 Å². The van der Waals surface area contributed by atoms with E-state index in [9.17, 15) is 0 Å². The Morgan fingerprint density at radius 2 is 1.95 bits per heavy atom. The topological polar surface area (TPSA) is 16.1 Å². The highest BCUT2D eigenvalue weighted by Gasteiger charge is 2.34. The Labute approximate surface area is 126 Å². The van der Waals surface area contributed by atoms with Crippen molar-refractivity contribution in [1.29, 1.82) is 0 Å². The Kier molecular flexibility index (Phi) is 3.48. The molecular formula is C19H22N2. The standard InChI is InChI=1S/C19H22N2/c1-2-7-18-15(5-1)8-9-16-13-21(12-10-19(16)18)14-17-6-3-4-11-20-17/h1-7,11,16,19H,8-10,12-14H2/t16-,19+/m0/s1. The summed E-state index contributed by atoms with van der Waals surface area (Å²) in [6.07, 6.45) is 5.81. The summed E-state index contributed by atoms with van der Waals surface area (Å²) in [5.41, 5.74) is 4.43. The first-order valence-electron chi connectivity index (χ1n) is 8.10. The average molecular weight is 278 g/mol. The van der Waals surface area contributed by atoms with E-state index in [-0.39, 0.29) is 0 Å². The monoisotopic (exact) mass is 278 g/mol. The molecule has 1 aromatic carbocycles. The third-order valence-corrected chi connectivity index (χ3v) is 5.17. The number of likely N-dealkylation sites (tertiary alicyclic amines) is 1. The second-order valence-electron chi connectivity index (χ2n) is 6.45. The summed E-state index contributed by atoms with van der Waals surface area (Å²) < 4.78 is 0. The molecule has 21 heavy (non-hydrogen) atoms. The molecule has 108 valence electrons. The van der Waals surface area contributed by atoms with Gasteiger partial charge in [0.1, 0.15) is 0 Å². The molecule has 0 spiro atoms. The van der Waals surface area contributed by atoms with Crippen LogP contribution in [0.1, 0.15) is 35.6 Å². The second kappa shape index (κ2) is 5.61. The molecule has 0 saturated carbocycles. The fraction of sp³-hybridized carbons (Fsp3) is 0.421. The number of piperidine rings is 1. The van der Waals surface area contributed by atoms with E-state index in [4.69, 9.17) is 0 Å². The highest BCUT2D eigenvalue weighted by atomic mass is 15.1. The first kappa shape index (κ1) is 13.0. The Bertz CT molecular complexity index is 608. The van der Waals surface area contributed by atoms with Crippen LogP contribution in [-0.4, -0.2) is 23.0 Å². The highest BCUT2D eigenvalue weighted by Crippen LogP contribution is 2.41. The van der Waals surface area contributed by atoms with Crippen molar-refractivity contribution in [1.82, 2.24) is 9.88 Å². The Morgan fingerprint density at radius 1 is 1.05 bits per heavy atom. The van der Waals surface area contributed by atoms with Crippen molar-refractivity contribution in [3.8, 4) is 0 Å². The van der Waals surface area contributed by atoms with Crippen LogP contribution in [0.5, 0.6) is 0 Å². The molecule has 2 aromatic rings. The van der Waals surface area contributed by atoms with E-state index >= 15 is 0 Å². The number of hydrogen-bond donors (Lipinski definition) is 0. The number of aromatic nitrogens is 1. The summed E-state index contributed by atoms with van der Waals surface area (Å²) in [6.45, 7) is 3.44. The van der Waals surface area contributed by atoms with Gasteiger partial charge in [-0.1, -0.05) is 30.3 Å². The second-order valence-corrected chi connectivity index (χ2v) is 6.45. The summed E-state index contributed by atoms with van der Waals surface area (Å²) >= 11 is 0. The molecule has 1 fully saturated rings. The predicted molar refractivity (Wildman–Crippen MR) is 85.1 cm³/mol. The van der Waals surface area contributed by atoms with Gasteiger partial charge in [0.05, 0.1) is 5.69 Å². The van der Waals surface area contributed by atoms with Gasteiger partial charge in [-0.3, -0.25) is 9.88 Å². The fourth-order valence-electron chi connectivity index (χ4n) is 4.14. The fourth-order valence-corrected chi connectivity index (χ4v) is 4.14. The van der Waals surface area contributed by atoms with Gasteiger partial charge in [-0.2, -0.15) is 0 Å². The van der Waals surface area contributed by atoms with Crippen molar-refractivity contribution in [2.24, 2.45) is 5.92 Å². The van der Waals surface area contributed by atoms with E-state index in [0.717, 1.165) is 18.4 Å². The van der Waals surface area contributed by atoms with E-state index < -0.39 is 0 Å². The zero-order chi connectivity index (χ0) is 14.1. The molecule has 0 bridgehead atoms. The van der Waals surface area contributed by atoms with Crippen LogP contribution in [0.15, 0.2) is 48.7 Å². The highest BCUT2D eigenvalue weighted by molar-refractivity contribution is 5.34. The number of pyridine rings is 1. The number of rotatable bonds is 2. The smallest absolute Gasteiger partial charge is 0.0543 e. The first-order valence-corrected chi connectivity index (χ1v) is 8.10. The predicted octanol–water partition coefficient (Wildman–Crippen LogP) is 3.63. The number of nitrogens with zero attached hydrogens (tertiary/aromatic N) is 2. The molecule has 0 N–H and O–H groups in total. The zero-order valence-electron chi connectivity index (χ0n) is 12.4. The van der Waals surface area contributed by atoms with Gasteiger partial charge in [0.15, 0.2) is 0 Å². The van der Waals surface area contributed by atoms with Crippen LogP contribution < -0.4 is 0 Å². The Balaban J connectivity index is 1.48. The molecule has 2 nitrogen and oxygen atoms in total. The lowest BCUT2D eigenvalue weighted by Crippen LogP contribution is -2.41. The van der Waals surface area contributed by atoms with Gasteiger partial charge < -0.3 is 0 Å². The van der Waals surface area contributed by atoms with Gasteiger partial charge in [-0.15, -0.1) is 0 Å². The third-order valence-electron chi connectivity index (χ3n) is 5.17. The molecule has 0 amide bonds. The normalized spacial score (nSPS) is 25.1. The summed E-state index contributed by atoms with van der Waals surface area (Å²) in [4.78, 5) is 7.07. The van der Waals surface area contributed by atoms with E-state index in [1.165, 1.54) is 38.0 Å². The molecule has 1 aliphatic carbocycles. The molecule has 1 aromatic heterocycles. The number of aryl methyl sites for hydroxylation is 1. The third kappa shape index (κ3) is 2.60. The number of benzene rings is 1. The van der Waals surface area contributed by atoms with Crippen molar-refractivity contribution >= 4 is 0 Å². The van der Waals surface area contributed by atoms with Crippen LogP contribution in [0.4, 0.5) is 0 Å². The molecule has 0 unspecified atom stereocenters. The van der Waals surface area contributed by atoms with Crippen LogP contribution >= 0.6 is 0 Å². The molecule has 4 rings (SSSR count). The van der Waals surface area contributed by atoms with Gasteiger partial charge >= 0.3 is 0 Å². The van der Waals surface area contributed by atoms with E-state index in [1.54, 1.807) is 11.1 Å². The first-order chi connectivity index (χ1) is 10.4. The van der Waals surface area contributed by atoms with Crippen molar-refractivity contribution in [3.05, 3.63) is 65.5 Å². The molecule has 2 heteroatoms. The number of hydrogen-bond acceptors (Lipinski definition) is 2. The molecule has 0 radical (unpaired) electrons. The van der Waals surface area contributed by atoms with E-state index in [1.807, 2.05) is 12.3 Å². The van der Waals surface area contributed by atoms with Gasteiger partial charge in [0.2, 0.25) is 0 Å². The lowest BCUT2D eigenvalue weighted by atomic mass is 9.71. The van der Waals surface area contributed by atoms with Crippen molar-refractivity contribution < 1.29 is 0 Å². The quantitative estimate of drug-likeness (QED) is 0.834. The minimum atomic E-state index is 0.787. The van der Waals surface area contributed by atoms with Crippen molar-refractivity contribution in [2.45, 2.75) is 31.7 Å².